The van der Waals surface area contributed by atoms with Crippen LogP contribution in [0.1, 0.15) is 22.3 Å². The van der Waals surface area contributed by atoms with E-state index < -0.39 is 0 Å². The van der Waals surface area contributed by atoms with Crippen LogP contribution < -0.4 is 9.64 Å². The van der Waals surface area contributed by atoms with Crippen LogP contribution in [-0.2, 0) is 12.8 Å². The first-order valence-electron chi connectivity index (χ1n) is 19.7. The van der Waals surface area contributed by atoms with Crippen LogP contribution in [0.4, 0.5) is 17.1 Å². The summed E-state index contributed by atoms with van der Waals surface area (Å²) in [5.41, 5.74) is 15.5. The van der Waals surface area contributed by atoms with E-state index in [1.54, 1.807) is 0 Å². The van der Waals surface area contributed by atoms with E-state index in [1.807, 2.05) is 60.7 Å². The topological polar surface area (TPSA) is 51.1 Å². The molecule has 0 spiro atoms. The van der Waals surface area contributed by atoms with Crippen LogP contribution in [0.2, 0.25) is 0 Å². The zero-order valence-electron chi connectivity index (χ0n) is 31.6. The number of nitrogens with zero attached hydrogens (tertiary/aromatic N) is 4. The summed E-state index contributed by atoms with van der Waals surface area (Å²) in [7, 11) is 0. The number of hydrogen-bond donors (Lipinski definition) is 0. The van der Waals surface area contributed by atoms with E-state index in [2.05, 4.69) is 138 Å². The molecule has 5 nitrogen and oxygen atoms in total. The molecule has 274 valence electrons. The Morgan fingerprint density at radius 2 is 0.931 bits per heavy atom. The molecule has 11 rings (SSSR count). The second-order valence-corrected chi connectivity index (χ2v) is 14.8. The van der Waals surface area contributed by atoms with Crippen LogP contribution in [0.3, 0.4) is 0 Å². The fourth-order valence-corrected chi connectivity index (χ4v) is 8.39. The smallest absolute Gasteiger partial charge is 0.164 e. The Hall–Kier alpha value is -7.63. The summed E-state index contributed by atoms with van der Waals surface area (Å²) in [5.74, 6) is 3.56. The van der Waals surface area contributed by atoms with E-state index in [0.717, 1.165) is 68.1 Å². The highest BCUT2D eigenvalue weighted by Crippen LogP contribution is 2.50. The standard InChI is InChI=1S/C53H36N4O/c1-5-15-35(16-6-1)38-26-30-49-42(31-38)34-46-45(53-55-51(36-17-7-2-8-18-36)54-52(56-53)37-19-9-3-10-20-37)28-27-44(50(46)58-49)39-25-29-48-41(32-39)33-40-21-13-14-24-47(40)57(48)43-22-11-4-12-23-43/h1-32H,33-34H2. The van der Waals surface area contributed by atoms with Crippen molar-refractivity contribution in [1.82, 2.24) is 15.0 Å². The lowest BCUT2D eigenvalue weighted by Crippen LogP contribution is -2.18. The Morgan fingerprint density at radius 1 is 0.379 bits per heavy atom. The van der Waals surface area contributed by atoms with Gasteiger partial charge in [0.25, 0.3) is 0 Å². The number of aromatic nitrogens is 3. The Labute approximate surface area is 337 Å². The van der Waals surface area contributed by atoms with E-state index in [4.69, 9.17) is 19.7 Å². The molecule has 58 heavy (non-hydrogen) atoms. The fourth-order valence-electron chi connectivity index (χ4n) is 8.39. The highest BCUT2D eigenvalue weighted by Gasteiger charge is 2.29. The van der Waals surface area contributed by atoms with Gasteiger partial charge in [-0.25, -0.2) is 15.0 Å². The monoisotopic (exact) mass is 744 g/mol. The number of rotatable bonds is 6. The van der Waals surface area contributed by atoms with E-state index in [0.29, 0.717) is 23.9 Å². The lowest BCUT2D eigenvalue weighted by atomic mass is 9.88. The minimum Gasteiger partial charge on any atom is -0.456 e. The average Bonchev–Trinajstić information content (AvgIpc) is 3.30. The van der Waals surface area contributed by atoms with Crippen LogP contribution in [0.15, 0.2) is 194 Å². The van der Waals surface area contributed by atoms with Gasteiger partial charge >= 0.3 is 0 Å². The molecule has 2 aliphatic rings. The molecule has 0 saturated carbocycles. The van der Waals surface area contributed by atoms with Crippen molar-refractivity contribution in [2.45, 2.75) is 12.8 Å². The molecule has 3 heterocycles. The molecular formula is C53H36N4O. The molecule has 5 heteroatoms. The molecule has 0 N–H and O–H groups in total. The van der Waals surface area contributed by atoms with Gasteiger partial charge in [-0.15, -0.1) is 0 Å². The zero-order chi connectivity index (χ0) is 38.4. The first kappa shape index (κ1) is 33.7. The second-order valence-electron chi connectivity index (χ2n) is 14.8. The molecule has 0 atom stereocenters. The van der Waals surface area contributed by atoms with Gasteiger partial charge in [0, 0.05) is 57.7 Å². The number of ether oxygens (including phenoxy) is 1. The average molecular weight is 745 g/mol. The van der Waals surface area contributed by atoms with Crippen molar-refractivity contribution in [3.63, 3.8) is 0 Å². The van der Waals surface area contributed by atoms with E-state index >= 15 is 0 Å². The molecule has 0 saturated heterocycles. The van der Waals surface area contributed by atoms with Crippen LogP contribution in [-0.4, -0.2) is 15.0 Å². The summed E-state index contributed by atoms with van der Waals surface area (Å²) < 4.78 is 7.05. The molecule has 9 aromatic rings. The van der Waals surface area contributed by atoms with Crippen molar-refractivity contribution in [2.75, 3.05) is 4.90 Å². The van der Waals surface area contributed by atoms with Crippen LogP contribution >= 0.6 is 0 Å². The van der Waals surface area contributed by atoms with Gasteiger partial charge in [0.15, 0.2) is 17.5 Å². The number of fused-ring (bicyclic) bond motifs is 4. The van der Waals surface area contributed by atoms with Crippen LogP contribution in [0, 0.1) is 0 Å². The van der Waals surface area contributed by atoms with Crippen molar-refractivity contribution in [1.29, 1.82) is 0 Å². The minimum absolute atomic E-state index is 0.613. The Morgan fingerprint density at radius 3 is 1.64 bits per heavy atom. The minimum atomic E-state index is 0.613. The fraction of sp³-hybridized carbons (Fsp3) is 0.0377. The van der Waals surface area contributed by atoms with Crippen LogP contribution in [0.25, 0.3) is 56.4 Å². The molecule has 0 bridgehead atoms. The third-order valence-corrected chi connectivity index (χ3v) is 11.2. The molecule has 0 radical (unpaired) electrons. The predicted molar refractivity (Wildman–Crippen MR) is 234 cm³/mol. The number of para-hydroxylation sites is 2. The predicted octanol–water partition coefficient (Wildman–Crippen LogP) is 13.3. The number of benzene rings is 8. The van der Waals surface area contributed by atoms with E-state index in [9.17, 15) is 0 Å². The second kappa shape index (κ2) is 14.1. The highest BCUT2D eigenvalue weighted by atomic mass is 16.5. The van der Waals surface area contributed by atoms with Crippen molar-refractivity contribution >= 4 is 17.1 Å². The first-order valence-corrected chi connectivity index (χ1v) is 19.7. The normalized spacial score (nSPS) is 12.4. The lowest BCUT2D eigenvalue weighted by Gasteiger charge is -2.34. The Kier molecular flexibility index (Phi) is 8.21. The summed E-state index contributed by atoms with van der Waals surface area (Å²) in [5, 5.41) is 0. The van der Waals surface area contributed by atoms with Crippen molar-refractivity contribution in [2.24, 2.45) is 0 Å². The van der Waals surface area contributed by atoms with Crippen molar-refractivity contribution in [3.8, 4) is 67.9 Å². The molecule has 1 aromatic heterocycles. The Balaban J connectivity index is 1.09. The van der Waals surface area contributed by atoms with Crippen molar-refractivity contribution < 1.29 is 4.74 Å². The lowest BCUT2D eigenvalue weighted by molar-refractivity contribution is 0.462. The quantitative estimate of drug-likeness (QED) is 0.170. The van der Waals surface area contributed by atoms with Crippen molar-refractivity contribution in [3.05, 3.63) is 216 Å². The Bertz CT molecular complexity index is 2910. The van der Waals surface area contributed by atoms with Gasteiger partial charge in [-0.1, -0.05) is 146 Å². The largest absolute Gasteiger partial charge is 0.456 e. The highest BCUT2D eigenvalue weighted by molar-refractivity contribution is 5.87. The van der Waals surface area contributed by atoms with E-state index in [-0.39, 0.29) is 0 Å². The zero-order valence-corrected chi connectivity index (χ0v) is 31.6. The maximum absolute atomic E-state index is 7.05. The number of anilines is 3. The summed E-state index contributed by atoms with van der Waals surface area (Å²) in [6, 6.07) is 67.9. The van der Waals surface area contributed by atoms with Crippen LogP contribution in [0.5, 0.6) is 11.5 Å². The molecule has 0 fully saturated rings. The summed E-state index contributed by atoms with van der Waals surface area (Å²) in [6.45, 7) is 0. The SMILES string of the molecule is c1ccc(-c2ccc3c(c2)Cc2c(-c4nc(-c5ccccc5)nc(-c5ccccc5)n4)ccc(-c4ccc5c(c4)Cc4ccccc4N5c4ccccc4)c2O3)cc1. The molecular weight excluding hydrogens is 709 g/mol. The van der Waals surface area contributed by atoms with Gasteiger partial charge in [0.05, 0.1) is 0 Å². The summed E-state index contributed by atoms with van der Waals surface area (Å²) in [6.07, 6.45) is 1.49. The van der Waals surface area contributed by atoms with Gasteiger partial charge in [-0.3, -0.25) is 0 Å². The summed E-state index contributed by atoms with van der Waals surface area (Å²) in [4.78, 5) is 17.7. The van der Waals surface area contributed by atoms with Gasteiger partial charge < -0.3 is 9.64 Å². The van der Waals surface area contributed by atoms with Gasteiger partial charge in [-0.05, 0) is 81.9 Å². The molecule has 0 amide bonds. The maximum atomic E-state index is 7.05. The van der Waals surface area contributed by atoms with E-state index in [1.165, 1.54) is 28.1 Å². The molecule has 0 unspecified atom stereocenters. The molecule has 2 aliphatic heterocycles. The number of hydrogen-bond acceptors (Lipinski definition) is 5. The molecule has 0 aliphatic carbocycles. The third-order valence-electron chi connectivity index (χ3n) is 11.2. The maximum Gasteiger partial charge on any atom is 0.164 e. The van der Waals surface area contributed by atoms with Gasteiger partial charge in [0.2, 0.25) is 0 Å². The first-order chi connectivity index (χ1) is 28.7. The molecule has 8 aromatic carbocycles. The third kappa shape index (κ3) is 6.01. The van der Waals surface area contributed by atoms with Gasteiger partial charge in [-0.2, -0.15) is 0 Å². The van der Waals surface area contributed by atoms with Gasteiger partial charge in [0.1, 0.15) is 11.5 Å². The summed E-state index contributed by atoms with van der Waals surface area (Å²) >= 11 is 0.